The molecule has 0 amide bonds. The second kappa shape index (κ2) is 9.02. The monoisotopic (exact) mass is 406 g/mol. The number of carbonyl (C=O) groups is 2. The molecule has 0 spiro atoms. The molecule has 0 radical (unpaired) electrons. The van der Waals surface area contributed by atoms with Gasteiger partial charge in [-0.15, -0.1) is 0 Å². The Morgan fingerprint density at radius 1 is 0.793 bits per heavy atom. The number of hydrogen-bond acceptors (Lipinski definition) is 4. The fraction of sp³-hybridized carbons (Fsp3) is 0.167. The van der Waals surface area contributed by atoms with E-state index in [0.717, 1.165) is 0 Å². The highest BCUT2D eigenvalue weighted by molar-refractivity contribution is 7.78. The first kappa shape index (κ1) is 20.8. The van der Waals surface area contributed by atoms with Crippen molar-refractivity contribution in [1.82, 2.24) is 0 Å². The van der Waals surface area contributed by atoms with Crippen LogP contribution >= 0.6 is 7.14 Å². The minimum atomic E-state index is -3.08. The first-order valence-corrected chi connectivity index (χ1v) is 11.3. The minimum Gasteiger partial charge on any atom is -0.457 e. The maximum Gasteiger partial charge on any atom is 0.303 e. The van der Waals surface area contributed by atoms with Gasteiger partial charge in [-0.05, 0) is 12.5 Å². The predicted molar refractivity (Wildman–Crippen MR) is 116 cm³/mol. The third kappa shape index (κ3) is 4.90. The number of hydrogen-bond donors (Lipinski definition) is 0. The van der Waals surface area contributed by atoms with E-state index in [9.17, 15) is 14.2 Å². The Labute approximate surface area is 170 Å². The number of esters is 1. The van der Waals surface area contributed by atoms with Gasteiger partial charge in [0.25, 0.3) is 0 Å². The highest BCUT2D eigenvalue weighted by Gasteiger charge is 2.33. The number of ketones is 1. The van der Waals surface area contributed by atoms with Crippen molar-refractivity contribution < 1.29 is 18.9 Å². The zero-order chi connectivity index (χ0) is 20.9. The summed E-state index contributed by atoms with van der Waals surface area (Å²) >= 11 is 0. The van der Waals surface area contributed by atoms with Crippen LogP contribution in [0.2, 0.25) is 0 Å². The Morgan fingerprint density at radius 3 is 1.69 bits per heavy atom. The summed E-state index contributed by atoms with van der Waals surface area (Å²) < 4.78 is 19.9. The van der Waals surface area contributed by atoms with Crippen molar-refractivity contribution in [2.45, 2.75) is 20.0 Å². The molecule has 0 aliphatic carbocycles. The molecule has 0 aromatic heterocycles. The van der Waals surface area contributed by atoms with Crippen LogP contribution in [0.4, 0.5) is 0 Å². The Morgan fingerprint density at radius 2 is 1.28 bits per heavy atom. The molecule has 0 aliphatic rings. The van der Waals surface area contributed by atoms with Gasteiger partial charge in [0.05, 0.1) is 6.16 Å². The van der Waals surface area contributed by atoms with Gasteiger partial charge in [0.15, 0.2) is 5.78 Å². The largest absolute Gasteiger partial charge is 0.457 e. The standard InChI is InChI=1S/C24H23O4P/c1-18(25)20-13-15-21(16-14-20)24(28-19(2)26)17-29(27,22-9-5-3-6-10-22)23-11-7-4-8-12-23/h3-16,24H,17H2,1-2H3. The van der Waals surface area contributed by atoms with Crippen molar-refractivity contribution in [3.05, 3.63) is 96.1 Å². The first-order valence-electron chi connectivity index (χ1n) is 9.38. The zero-order valence-corrected chi connectivity index (χ0v) is 17.3. The lowest BCUT2D eigenvalue weighted by Crippen LogP contribution is -2.23. The summed E-state index contributed by atoms with van der Waals surface area (Å²) in [6.07, 6.45) is -0.556. The Hall–Kier alpha value is -2.97. The zero-order valence-electron chi connectivity index (χ0n) is 16.4. The van der Waals surface area contributed by atoms with E-state index in [2.05, 4.69) is 0 Å². The molecule has 0 fully saturated rings. The second-order valence-electron chi connectivity index (χ2n) is 6.87. The molecule has 3 rings (SSSR count). The van der Waals surface area contributed by atoms with E-state index in [-0.39, 0.29) is 11.9 Å². The molecule has 0 heterocycles. The average molecular weight is 406 g/mol. The van der Waals surface area contributed by atoms with E-state index >= 15 is 0 Å². The summed E-state index contributed by atoms with van der Waals surface area (Å²) in [4.78, 5) is 23.4. The summed E-state index contributed by atoms with van der Waals surface area (Å²) in [6, 6.07) is 25.5. The highest BCUT2D eigenvalue weighted by Crippen LogP contribution is 2.47. The van der Waals surface area contributed by atoms with Crippen LogP contribution in [-0.4, -0.2) is 17.9 Å². The lowest BCUT2D eigenvalue weighted by atomic mass is 10.1. The SMILES string of the molecule is CC(=O)OC(CP(=O)(c1ccccc1)c1ccccc1)c1ccc(C(C)=O)cc1. The molecular formula is C24H23O4P. The smallest absolute Gasteiger partial charge is 0.303 e. The number of rotatable bonds is 7. The number of carbonyl (C=O) groups excluding carboxylic acids is 2. The fourth-order valence-corrected chi connectivity index (χ4v) is 6.05. The van der Waals surface area contributed by atoms with Crippen LogP contribution in [0.3, 0.4) is 0 Å². The van der Waals surface area contributed by atoms with Gasteiger partial charge in [-0.3, -0.25) is 9.59 Å². The normalized spacial score (nSPS) is 12.2. The lowest BCUT2D eigenvalue weighted by Gasteiger charge is -2.25. The molecule has 1 unspecified atom stereocenters. The molecule has 29 heavy (non-hydrogen) atoms. The van der Waals surface area contributed by atoms with Crippen molar-refractivity contribution in [2.24, 2.45) is 0 Å². The summed E-state index contributed by atoms with van der Waals surface area (Å²) in [7, 11) is -3.08. The lowest BCUT2D eigenvalue weighted by molar-refractivity contribution is -0.145. The van der Waals surface area contributed by atoms with Crippen LogP contribution < -0.4 is 10.6 Å². The Balaban J connectivity index is 2.05. The topological polar surface area (TPSA) is 60.4 Å². The number of Topliss-reactive ketones (excluding diaryl/α,β-unsaturated/α-hetero) is 1. The van der Waals surface area contributed by atoms with Gasteiger partial charge < -0.3 is 9.30 Å². The predicted octanol–water partition coefficient (Wildman–Crippen LogP) is 4.51. The van der Waals surface area contributed by atoms with Crippen LogP contribution in [0, 0.1) is 0 Å². The van der Waals surface area contributed by atoms with Crippen LogP contribution in [-0.2, 0) is 14.1 Å². The van der Waals surface area contributed by atoms with Crippen molar-refractivity contribution in [2.75, 3.05) is 6.16 Å². The van der Waals surface area contributed by atoms with Crippen molar-refractivity contribution in [3.63, 3.8) is 0 Å². The molecular weight excluding hydrogens is 383 g/mol. The van der Waals surface area contributed by atoms with E-state index < -0.39 is 19.2 Å². The van der Waals surface area contributed by atoms with Gasteiger partial charge in [-0.2, -0.15) is 0 Å². The Kier molecular flexibility index (Phi) is 6.46. The summed E-state index contributed by atoms with van der Waals surface area (Å²) in [5.41, 5.74) is 1.28. The van der Waals surface area contributed by atoms with Gasteiger partial charge in [0, 0.05) is 23.1 Å². The summed E-state index contributed by atoms with van der Waals surface area (Å²) in [6.45, 7) is 2.84. The second-order valence-corrected chi connectivity index (χ2v) is 9.75. The molecule has 0 aliphatic heterocycles. The molecule has 0 bridgehead atoms. The molecule has 5 heteroatoms. The maximum atomic E-state index is 14.3. The van der Waals surface area contributed by atoms with Crippen molar-refractivity contribution in [3.8, 4) is 0 Å². The van der Waals surface area contributed by atoms with E-state index in [0.29, 0.717) is 21.7 Å². The fourth-order valence-electron chi connectivity index (χ4n) is 3.27. The van der Waals surface area contributed by atoms with E-state index in [4.69, 9.17) is 4.74 Å². The molecule has 3 aromatic carbocycles. The van der Waals surface area contributed by atoms with Crippen molar-refractivity contribution in [1.29, 1.82) is 0 Å². The number of benzene rings is 3. The molecule has 0 N–H and O–H groups in total. The Bertz CT molecular complexity index is 984. The molecule has 148 valence electrons. The molecule has 4 nitrogen and oxygen atoms in total. The summed E-state index contributed by atoms with van der Waals surface area (Å²) in [5.74, 6) is -0.488. The van der Waals surface area contributed by atoms with Crippen LogP contribution in [0.5, 0.6) is 0 Å². The van der Waals surface area contributed by atoms with Gasteiger partial charge in [0.1, 0.15) is 13.2 Å². The van der Waals surface area contributed by atoms with E-state index in [1.54, 1.807) is 24.3 Å². The van der Waals surface area contributed by atoms with Crippen LogP contribution in [0.15, 0.2) is 84.9 Å². The quantitative estimate of drug-likeness (QED) is 0.329. The summed E-state index contributed by atoms with van der Waals surface area (Å²) in [5, 5.41) is 1.42. The molecule has 0 saturated carbocycles. The van der Waals surface area contributed by atoms with Gasteiger partial charge in [-0.25, -0.2) is 0 Å². The number of ether oxygens (including phenoxy) is 1. The highest BCUT2D eigenvalue weighted by atomic mass is 31.2. The molecule has 3 aromatic rings. The van der Waals surface area contributed by atoms with Gasteiger partial charge >= 0.3 is 5.97 Å². The van der Waals surface area contributed by atoms with Crippen molar-refractivity contribution >= 4 is 29.5 Å². The first-order chi connectivity index (χ1) is 13.9. The van der Waals surface area contributed by atoms with E-state index in [1.807, 2.05) is 60.7 Å². The van der Waals surface area contributed by atoms with Gasteiger partial charge in [-0.1, -0.05) is 84.9 Å². The maximum absolute atomic E-state index is 14.3. The third-order valence-corrected chi connectivity index (χ3v) is 7.88. The minimum absolute atomic E-state index is 0.0418. The molecule has 0 saturated heterocycles. The average Bonchev–Trinajstić information content (AvgIpc) is 2.74. The van der Waals surface area contributed by atoms with Gasteiger partial charge in [0.2, 0.25) is 0 Å². The van der Waals surface area contributed by atoms with Crippen LogP contribution in [0.1, 0.15) is 35.9 Å². The van der Waals surface area contributed by atoms with E-state index in [1.165, 1.54) is 13.8 Å². The molecule has 1 atom stereocenters. The third-order valence-electron chi connectivity index (χ3n) is 4.77. The van der Waals surface area contributed by atoms with Crippen LogP contribution in [0.25, 0.3) is 0 Å².